The van der Waals surface area contributed by atoms with Gasteiger partial charge in [0.15, 0.2) is 0 Å². The van der Waals surface area contributed by atoms with Crippen LogP contribution in [-0.4, -0.2) is 36.9 Å². The van der Waals surface area contributed by atoms with E-state index in [1.165, 1.54) is 0 Å². The molecular formula is C14H19NO3. The molecule has 0 unspecified atom stereocenters. The summed E-state index contributed by atoms with van der Waals surface area (Å²) in [7, 11) is 0. The van der Waals surface area contributed by atoms with Gasteiger partial charge in [-0.3, -0.25) is 4.79 Å². The number of aryl methyl sites for hydroxylation is 2. The zero-order valence-corrected chi connectivity index (χ0v) is 10.8. The zero-order valence-electron chi connectivity index (χ0n) is 10.8. The van der Waals surface area contributed by atoms with Crippen molar-refractivity contribution in [3.63, 3.8) is 0 Å². The lowest BCUT2D eigenvalue weighted by Crippen LogP contribution is -2.34. The van der Waals surface area contributed by atoms with Crippen LogP contribution in [0.1, 0.15) is 21.5 Å². The molecule has 2 N–H and O–H groups in total. The number of hydrogen-bond donors (Lipinski definition) is 2. The topological polar surface area (TPSA) is 58.6 Å². The molecule has 0 aliphatic carbocycles. The van der Waals surface area contributed by atoms with Crippen LogP contribution >= 0.6 is 0 Å². The number of aliphatic hydroxyl groups is 1. The molecular weight excluding hydrogens is 230 g/mol. The van der Waals surface area contributed by atoms with Gasteiger partial charge in [0.2, 0.25) is 0 Å². The van der Waals surface area contributed by atoms with Crippen molar-refractivity contribution in [3.05, 3.63) is 34.9 Å². The number of amides is 1. The van der Waals surface area contributed by atoms with Gasteiger partial charge in [-0.15, -0.1) is 0 Å². The average Bonchev–Trinajstić information content (AvgIpc) is 2.70. The number of carbonyl (C=O) groups excluding carboxylic acids is 1. The Morgan fingerprint density at radius 2 is 2.00 bits per heavy atom. The first-order valence-corrected chi connectivity index (χ1v) is 6.18. The predicted molar refractivity (Wildman–Crippen MR) is 68.6 cm³/mol. The predicted octanol–water partition coefficient (Wildman–Crippen LogP) is 1.04. The Labute approximate surface area is 107 Å². The lowest BCUT2D eigenvalue weighted by Gasteiger charge is -2.13. The molecule has 0 spiro atoms. The maximum absolute atomic E-state index is 12.0. The molecule has 1 heterocycles. The average molecular weight is 249 g/mol. The molecule has 18 heavy (non-hydrogen) atoms. The Kier molecular flexibility index (Phi) is 3.99. The molecule has 1 aliphatic heterocycles. The Morgan fingerprint density at radius 1 is 1.33 bits per heavy atom. The summed E-state index contributed by atoms with van der Waals surface area (Å²) in [5, 5.41) is 12.4. The van der Waals surface area contributed by atoms with E-state index in [1.807, 2.05) is 32.0 Å². The molecule has 1 amide bonds. The monoisotopic (exact) mass is 249 g/mol. The molecule has 4 heteroatoms. The van der Waals surface area contributed by atoms with Gasteiger partial charge in [-0.05, 0) is 26.0 Å². The van der Waals surface area contributed by atoms with Gasteiger partial charge in [-0.1, -0.05) is 17.2 Å². The van der Waals surface area contributed by atoms with Crippen LogP contribution in [0.4, 0.5) is 0 Å². The summed E-state index contributed by atoms with van der Waals surface area (Å²) in [5.74, 6) is -0.0965. The minimum atomic E-state index is -0.468. The van der Waals surface area contributed by atoms with E-state index in [4.69, 9.17) is 4.74 Å². The minimum absolute atomic E-state index is 0.000133. The van der Waals surface area contributed by atoms with E-state index in [0.717, 1.165) is 11.1 Å². The third-order valence-electron chi connectivity index (χ3n) is 3.17. The van der Waals surface area contributed by atoms with Crippen LogP contribution in [0.5, 0.6) is 0 Å². The SMILES string of the molecule is Cc1cc(C)cc(C(=O)NC[C@@H]2COC[C@@H]2O)c1. The number of rotatable bonds is 3. The number of ether oxygens (including phenoxy) is 1. The van der Waals surface area contributed by atoms with E-state index in [2.05, 4.69) is 5.32 Å². The number of nitrogens with one attached hydrogen (secondary N) is 1. The van der Waals surface area contributed by atoms with Crippen molar-refractivity contribution in [2.24, 2.45) is 5.92 Å². The van der Waals surface area contributed by atoms with Gasteiger partial charge < -0.3 is 15.2 Å². The summed E-state index contributed by atoms with van der Waals surface area (Å²) in [6, 6.07) is 5.76. The number of aliphatic hydroxyl groups excluding tert-OH is 1. The van der Waals surface area contributed by atoms with Crippen molar-refractivity contribution in [1.82, 2.24) is 5.32 Å². The van der Waals surface area contributed by atoms with E-state index in [1.54, 1.807) is 0 Å². The highest BCUT2D eigenvalue weighted by atomic mass is 16.5. The van der Waals surface area contributed by atoms with Crippen LogP contribution in [0.3, 0.4) is 0 Å². The molecule has 0 bridgehead atoms. The summed E-state index contributed by atoms with van der Waals surface area (Å²) in [6.07, 6.45) is -0.468. The van der Waals surface area contributed by atoms with Gasteiger partial charge in [-0.2, -0.15) is 0 Å². The minimum Gasteiger partial charge on any atom is -0.390 e. The van der Waals surface area contributed by atoms with E-state index in [0.29, 0.717) is 25.3 Å². The van der Waals surface area contributed by atoms with E-state index >= 15 is 0 Å². The van der Waals surface area contributed by atoms with Gasteiger partial charge in [0, 0.05) is 18.0 Å². The fourth-order valence-corrected chi connectivity index (χ4v) is 2.21. The molecule has 1 fully saturated rings. The van der Waals surface area contributed by atoms with Gasteiger partial charge in [-0.25, -0.2) is 0 Å². The molecule has 0 saturated carbocycles. The largest absolute Gasteiger partial charge is 0.390 e. The Morgan fingerprint density at radius 3 is 2.56 bits per heavy atom. The fourth-order valence-electron chi connectivity index (χ4n) is 2.21. The molecule has 1 aliphatic rings. The first kappa shape index (κ1) is 13.1. The van der Waals surface area contributed by atoms with Crippen molar-refractivity contribution in [2.75, 3.05) is 19.8 Å². The van der Waals surface area contributed by atoms with E-state index in [9.17, 15) is 9.90 Å². The second kappa shape index (κ2) is 5.50. The maximum atomic E-state index is 12.0. The highest BCUT2D eigenvalue weighted by molar-refractivity contribution is 5.94. The van der Waals surface area contributed by atoms with Crippen LogP contribution in [0.25, 0.3) is 0 Å². The number of hydrogen-bond acceptors (Lipinski definition) is 3. The highest BCUT2D eigenvalue weighted by Crippen LogP contribution is 2.13. The summed E-state index contributed by atoms with van der Waals surface area (Å²) < 4.78 is 5.14. The maximum Gasteiger partial charge on any atom is 0.251 e. The second-order valence-corrected chi connectivity index (χ2v) is 4.95. The van der Waals surface area contributed by atoms with E-state index < -0.39 is 6.10 Å². The summed E-state index contributed by atoms with van der Waals surface area (Å²) in [6.45, 7) is 5.27. The van der Waals surface area contributed by atoms with Gasteiger partial charge in [0.05, 0.1) is 19.3 Å². The molecule has 1 aromatic carbocycles. The van der Waals surface area contributed by atoms with Gasteiger partial charge in [0.1, 0.15) is 0 Å². The smallest absolute Gasteiger partial charge is 0.251 e. The lowest BCUT2D eigenvalue weighted by atomic mass is 10.1. The van der Waals surface area contributed by atoms with Crippen LogP contribution in [0.15, 0.2) is 18.2 Å². The van der Waals surface area contributed by atoms with Crippen molar-refractivity contribution < 1.29 is 14.6 Å². The van der Waals surface area contributed by atoms with Crippen molar-refractivity contribution >= 4 is 5.91 Å². The highest BCUT2D eigenvalue weighted by Gasteiger charge is 2.26. The molecule has 1 saturated heterocycles. The van der Waals surface area contributed by atoms with E-state index in [-0.39, 0.29) is 11.8 Å². The van der Waals surface area contributed by atoms with Crippen molar-refractivity contribution in [1.29, 1.82) is 0 Å². The normalized spacial score (nSPS) is 23.1. The molecule has 4 nitrogen and oxygen atoms in total. The van der Waals surface area contributed by atoms with Gasteiger partial charge in [0.25, 0.3) is 5.91 Å². The quantitative estimate of drug-likeness (QED) is 0.841. The van der Waals surface area contributed by atoms with Crippen LogP contribution in [-0.2, 0) is 4.74 Å². The van der Waals surface area contributed by atoms with Crippen molar-refractivity contribution in [2.45, 2.75) is 20.0 Å². The molecule has 2 rings (SSSR count). The Balaban J connectivity index is 1.95. The Hall–Kier alpha value is -1.39. The molecule has 0 radical (unpaired) electrons. The molecule has 2 atom stereocenters. The summed E-state index contributed by atoms with van der Waals surface area (Å²) >= 11 is 0. The first-order chi connectivity index (χ1) is 8.56. The third kappa shape index (κ3) is 3.09. The molecule has 1 aromatic rings. The molecule has 0 aromatic heterocycles. The third-order valence-corrected chi connectivity index (χ3v) is 3.17. The van der Waals surface area contributed by atoms with Crippen LogP contribution in [0.2, 0.25) is 0 Å². The van der Waals surface area contributed by atoms with Crippen LogP contribution in [0, 0.1) is 19.8 Å². The number of carbonyl (C=O) groups is 1. The second-order valence-electron chi connectivity index (χ2n) is 4.95. The number of benzene rings is 1. The Bertz CT molecular complexity index is 424. The summed E-state index contributed by atoms with van der Waals surface area (Å²) in [5.41, 5.74) is 2.81. The lowest BCUT2D eigenvalue weighted by molar-refractivity contribution is 0.0925. The standard InChI is InChI=1S/C14H19NO3/c1-9-3-10(2)5-11(4-9)14(17)15-6-12-7-18-8-13(12)16/h3-5,12-13,16H,6-8H2,1-2H3,(H,15,17)/t12-,13+/m1/s1. The summed E-state index contributed by atoms with van der Waals surface area (Å²) in [4.78, 5) is 12.0. The zero-order chi connectivity index (χ0) is 13.1. The fraction of sp³-hybridized carbons (Fsp3) is 0.500. The van der Waals surface area contributed by atoms with Crippen molar-refractivity contribution in [3.8, 4) is 0 Å². The molecule has 98 valence electrons. The first-order valence-electron chi connectivity index (χ1n) is 6.18. The van der Waals surface area contributed by atoms with Crippen LogP contribution < -0.4 is 5.32 Å². The van der Waals surface area contributed by atoms with Gasteiger partial charge >= 0.3 is 0 Å².